The third-order valence-corrected chi connectivity index (χ3v) is 4.13. The molecule has 1 unspecified atom stereocenters. The Labute approximate surface area is 154 Å². The third-order valence-electron chi connectivity index (χ3n) is 3.87. The minimum absolute atomic E-state index is 0.0955. The topological polar surface area (TPSA) is 41.6 Å². The van der Waals surface area contributed by atoms with E-state index in [2.05, 4.69) is 10.2 Å². The fourth-order valence-corrected chi connectivity index (χ4v) is 2.70. The molecule has 0 aliphatic heterocycles. The van der Waals surface area contributed by atoms with Crippen molar-refractivity contribution >= 4 is 17.5 Å². The van der Waals surface area contributed by atoms with Crippen LogP contribution in [0, 0.1) is 0 Å². The molecular weight excluding hydrogens is 336 g/mol. The zero-order valence-electron chi connectivity index (χ0n) is 15.0. The minimum atomic E-state index is -0.136. The molecule has 0 heterocycles. The van der Waals surface area contributed by atoms with Crippen LogP contribution in [0.5, 0.6) is 5.75 Å². The number of nitrogens with zero attached hydrogens (tertiary/aromatic N) is 1. The smallest absolute Gasteiger partial charge is 0.255 e. The number of nitrogens with one attached hydrogen (secondary N) is 1. The van der Waals surface area contributed by atoms with Gasteiger partial charge in [-0.1, -0.05) is 35.9 Å². The molecule has 1 atom stereocenters. The van der Waals surface area contributed by atoms with Crippen LogP contribution in [0.4, 0.5) is 0 Å². The molecule has 0 aliphatic carbocycles. The van der Waals surface area contributed by atoms with Crippen LogP contribution in [-0.4, -0.2) is 38.1 Å². The Morgan fingerprint density at radius 1 is 1.16 bits per heavy atom. The van der Waals surface area contributed by atoms with Gasteiger partial charge < -0.3 is 15.0 Å². The van der Waals surface area contributed by atoms with Gasteiger partial charge in [-0.05, 0) is 63.8 Å². The first kappa shape index (κ1) is 19.3. The number of para-hydroxylation sites is 1. The lowest BCUT2D eigenvalue weighted by Crippen LogP contribution is -2.31. The molecule has 25 heavy (non-hydrogen) atoms. The lowest BCUT2D eigenvalue weighted by molar-refractivity contribution is 0.0929. The average molecular weight is 361 g/mol. The van der Waals surface area contributed by atoms with Crippen LogP contribution in [0.25, 0.3) is 0 Å². The molecule has 0 bridgehead atoms. The summed E-state index contributed by atoms with van der Waals surface area (Å²) in [6, 6.07) is 14.8. The molecule has 2 aromatic carbocycles. The van der Waals surface area contributed by atoms with Gasteiger partial charge in [0.1, 0.15) is 5.75 Å². The molecule has 2 rings (SSSR count). The number of carbonyl (C=O) groups is 1. The van der Waals surface area contributed by atoms with Gasteiger partial charge in [-0.15, -0.1) is 0 Å². The third kappa shape index (κ3) is 5.76. The van der Waals surface area contributed by atoms with Crippen molar-refractivity contribution in [1.29, 1.82) is 0 Å². The van der Waals surface area contributed by atoms with Gasteiger partial charge in [0.15, 0.2) is 0 Å². The van der Waals surface area contributed by atoms with Crippen LogP contribution in [0.1, 0.15) is 35.3 Å². The summed E-state index contributed by atoms with van der Waals surface area (Å²) < 4.78 is 5.57. The average Bonchev–Trinajstić information content (AvgIpc) is 2.60. The van der Waals surface area contributed by atoms with Crippen LogP contribution in [0.15, 0.2) is 48.5 Å². The normalized spacial score (nSPS) is 12.0. The summed E-state index contributed by atoms with van der Waals surface area (Å²) in [5, 5.41) is 3.82. The zero-order chi connectivity index (χ0) is 18.2. The number of rotatable bonds is 8. The van der Waals surface area contributed by atoms with Gasteiger partial charge in [0.05, 0.1) is 18.2 Å². The second-order valence-electron chi connectivity index (χ2n) is 6.10. The quantitative estimate of drug-likeness (QED) is 0.768. The highest BCUT2D eigenvalue weighted by atomic mass is 35.5. The van der Waals surface area contributed by atoms with Crippen LogP contribution in [-0.2, 0) is 0 Å². The number of ether oxygens (including phenoxy) is 1. The van der Waals surface area contributed by atoms with Gasteiger partial charge in [-0.25, -0.2) is 0 Å². The molecule has 5 heteroatoms. The fourth-order valence-electron chi connectivity index (χ4n) is 2.58. The molecule has 134 valence electrons. The molecule has 0 aliphatic rings. The molecule has 2 aromatic rings. The van der Waals surface area contributed by atoms with E-state index in [9.17, 15) is 4.79 Å². The SMILES string of the molecule is CCOc1ccccc1C(=O)NC(CCN(C)C)c1ccc(Cl)cc1. The Hall–Kier alpha value is -2.04. The molecule has 0 spiro atoms. The van der Waals surface area contributed by atoms with Crippen molar-refractivity contribution in [2.24, 2.45) is 0 Å². The summed E-state index contributed by atoms with van der Waals surface area (Å²) in [6.45, 7) is 3.29. The number of halogens is 1. The van der Waals surface area contributed by atoms with Crippen molar-refractivity contribution in [3.63, 3.8) is 0 Å². The first-order valence-corrected chi connectivity index (χ1v) is 8.82. The predicted octanol–water partition coefficient (Wildman–Crippen LogP) is 4.16. The van der Waals surface area contributed by atoms with Crippen molar-refractivity contribution in [2.75, 3.05) is 27.2 Å². The van der Waals surface area contributed by atoms with Crippen LogP contribution in [0.3, 0.4) is 0 Å². The van der Waals surface area contributed by atoms with E-state index < -0.39 is 0 Å². The van der Waals surface area contributed by atoms with E-state index in [0.717, 1.165) is 18.5 Å². The molecule has 0 saturated heterocycles. The Bertz CT molecular complexity index is 686. The second-order valence-corrected chi connectivity index (χ2v) is 6.54. The fraction of sp³-hybridized carbons (Fsp3) is 0.350. The summed E-state index contributed by atoms with van der Waals surface area (Å²) >= 11 is 5.99. The van der Waals surface area contributed by atoms with Gasteiger partial charge in [0, 0.05) is 5.02 Å². The lowest BCUT2D eigenvalue weighted by atomic mass is 10.0. The molecule has 0 fully saturated rings. The Kier molecular flexibility index (Phi) is 7.29. The van der Waals surface area contributed by atoms with E-state index in [1.165, 1.54) is 0 Å². The number of benzene rings is 2. The van der Waals surface area contributed by atoms with E-state index in [-0.39, 0.29) is 11.9 Å². The summed E-state index contributed by atoms with van der Waals surface area (Å²) in [7, 11) is 4.04. The minimum Gasteiger partial charge on any atom is -0.493 e. The van der Waals surface area contributed by atoms with E-state index in [1.807, 2.05) is 63.5 Å². The molecular formula is C20H25ClN2O2. The highest BCUT2D eigenvalue weighted by Crippen LogP contribution is 2.23. The largest absolute Gasteiger partial charge is 0.493 e. The summed E-state index contributed by atoms with van der Waals surface area (Å²) in [5.74, 6) is 0.465. The molecule has 4 nitrogen and oxygen atoms in total. The van der Waals surface area contributed by atoms with E-state index in [1.54, 1.807) is 6.07 Å². The maximum Gasteiger partial charge on any atom is 0.255 e. The zero-order valence-corrected chi connectivity index (χ0v) is 15.7. The first-order chi connectivity index (χ1) is 12.0. The van der Waals surface area contributed by atoms with Crippen LogP contribution < -0.4 is 10.1 Å². The van der Waals surface area contributed by atoms with Crippen LogP contribution in [0.2, 0.25) is 5.02 Å². The van der Waals surface area contributed by atoms with Gasteiger partial charge in [-0.2, -0.15) is 0 Å². The number of amides is 1. The van der Waals surface area contributed by atoms with Crippen molar-refractivity contribution in [3.8, 4) is 5.75 Å². The standard InChI is InChI=1S/C20H25ClN2O2/c1-4-25-19-8-6-5-7-17(19)20(24)22-18(13-14-23(2)3)15-9-11-16(21)12-10-15/h5-12,18H,4,13-14H2,1-3H3,(H,22,24). The van der Waals surface area contributed by atoms with Crippen LogP contribution >= 0.6 is 11.6 Å². The Balaban J connectivity index is 2.20. The number of hydrogen-bond donors (Lipinski definition) is 1. The first-order valence-electron chi connectivity index (χ1n) is 8.44. The molecule has 0 radical (unpaired) electrons. The van der Waals surface area contributed by atoms with Gasteiger partial charge in [0.25, 0.3) is 5.91 Å². The monoisotopic (exact) mass is 360 g/mol. The van der Waals surface area contributed by atoms with Gasteiger partial charge in [-0.3, -0.25) is 4.79 Å². The summed E-state index contributed by atoms with van der Waals surface area (Å²) in [6.07, 6.45) is 0.803. The molecule has 1 N–H and O–H groups in total. The second kappa shape index (κ2) is 9.44. The van der Waals surface area contributed by atoms with Gasteiger partial charge in [0.2, 0.25) is 0 Å². The highest BCUT2D eigenvalue weighted by molar-refractivity contribution is 6.30. The van der Waals surface area contributed by atoms with E-state index in [4.69, 9.17) is 16.3 Å². The lowest BCUT2D eigenvalue weighted by Gasteiger charge is -2.22. The van der Waals surface area contributed by atoms with Crippen molar-refractivity contribution < 1.29 is 9.53 Å². The van der Waals surface area contributed by atoms with Crippen molar-refractivity contribution in [1.82, 2.24) is 10.2 Å². The van der Waals surface area contributed by atoms with E-state index >= 15 is 0 Å². The van der Waals surface area contributed by atoms with Gasteiger partial charge >= 0.3 is 0 Å². The number of carbonyl (C=O) groups excluding carboxylic acids is 1. The Morgan fingerprint density at radius 2 is 1.84 bits per heavy atom. The van der Waals surface area contributed by atoms with Crippen molar-refractivity contribution in [2.45, 2.75) is 19.4 Å². The van der Waals surface area contributed by atoms with E-state index in [0.29, 0.717) is 22.9 Å². The number of hydrogen-bond acceptors (Lipinski definition) is 3. The molecule has 0 saturated carbocycles. The molecule has 0 aromatic heterocycles. The highest BCUT2D eigenvalue weighted by Gasteiger charge is 2.18. The summed E-state index contributed by atoms with van der Waals surface area (Å²) in [4.78, 5) is 14.9. The predicted molar refractivity (Wildman–Crippen MR) is 102 cm³/mol. The molecule has 1 amide bonds. The Morgan fingerprint density at radius 3 is 2.48 bits per heavy atom. The summed E-state index contributed by atoms with van der Waals surface area (Å²) in [5.41, 5.74) is 1.58. The van der Waals surface area contributed by atoms with Crippen molar-refractivity contribution in [3.05, 3.63) is 64.7 Å². The maximum atomic E-state index is 12.8. The maximum absolute atomic E-state index is 12.8.